The normalized spacial score (nSPS) is 15.2. The third kappa shape index (κ3) is 3.53. The molecule has 0 aromatic heterocycles. The zero-order valence-corrected chi connectivity index (χ0v) is 13.0. The molecule has 18 heavy (non-hydrogen) atoms. The number of benzene rings is 1. The van der Waals surface area contributed by atoms with E-state index in [2.05, 4.69) is 41.6 Å². The Bertz CT molecular complexity index is 395. The Morgan fingerprint density at radius 3 is 2.39 bits per heavy atom. The van der Waals surface area contributed by atoms with Crippen LogP contribution in [0.5, 0.6) is 0 Å². The van der Waals surface area contributed by atoms with Gasteiger partial charge in [-0.3, -0.25) is 4.90 Å². The Morgan fingerprint density at radius 1 is 1.33 bits per heavy atom. The van der Waals surface area contributed by atoms with E-state index in [0.717, 1.165) is 4.47 Å². The fraction of sp³-hybridized carbons (Fsp3) is 0.571. The van der Waals surface area contributed by atoms with Gasteiger partial charge in [-0.15, -0.1) is 0 Å². The van der Waals surface area contributed by atoms with Crippen LogP contribution >= 0.6 is 15.9 Å². The minimum absolute atomic E-state index is 0.0875. The Labute approximate surface area is 117 Å². The van der Waals surface area contributed by atoms with Gasteiger partial charge < -0.3 is 5.73 Å². The molecule has 0 aliphatic carbocycles. The van der Waals surface area contributed by atoms with Crippen molar-refractivity contribution in [3.8, 4) is 0 Å². The lowest BCUT2D eigenvalue weighted by atomic mass is 9.99. The molecule has 1 aromatic carbocycles. The quantitative estimate of drug-likeness (QED) is 0.900. The molecule has 0 heterocycles. The van der Waals surface area contributed by atoms with Crippen LogP contribution in [-0.4, -0.2) is 24.5 Å². The van der Waals surface area contributed by atoms with Crippen molar-refractivity contribution >= 4 is 15.9 Å². The molecule has 2 N–H and O–H groups in total. The van der Waals surface area contributed by atoms with Crippen molar-refractivity contribution in [1.82, 2.24) is 4.90 Å². The van der Waals surface area contributed by atoms with Crippen molar-refractivity contribution in [3.63, 3.8) is 0 Å². The minimum Gasteiger partial charge on any atom is -0.329 e. The van der Waals surface area contributed by atoms with Gasteiger partial charge in [0.25, 0.3) is 0 Å². The van der Waals surface area contributed by atoms with Crippen molar-refractivity contribution in [2.24, 2.45) is 11.7 Å². The molecule has 2 unspecified atom stereocenters. The number of nitrogens with two attached hydrogens (primary N) is 1. The maximum Gasteiger partial charge on any atom is 0.129 e. The van der Waals surface area contributed by atoms with Crippen LogP contribution in [0.4, 0.5) is 4.39 Å². The van der Waals surface area contributed by atoms with E-state index >= 15 is 0 Å². The molecule has 0 amide bonds. The number of rotatable bonds is 5. The molecule has 0 radical (unpaired) electrons. The average molecular weight is 317 g/mol. The van der Waals surface area contributed by atoms with Crippen LogP contribution < -0.4 is 5.73 Å². The molecule has 2 atom stereocenters. The smallest absolute Gasteiger partial charge is 0.129 e. The van der Waals surface area contributed by atoms with Gasteiger partial charge in [-0.1, -0.05) is 35.8 Å². The lowest BCUT2D eigenvalue weighted by molar-refractivity contribution is 0.149. The topological polar surface area (TPSA) is 29.3 Å². The highest BCUT2D eigenvalue weighted by Crippen LogP contribution is 2.27. The zero-order chi connectivity index (χ0) is 13.9. The van der Waals surface area contributed by atoms with Crippen LogP contribution in [0.1, 0.15) is 32.4 Å². The lowest BCUT2D eigenvalue weighted by Crippen LogP contribution is -2.40. The molecule has 0 saturated heterocycles. The standard InChI is InChI=1S/C14H22BrFN2/c1-9(2)10(3)18(4)14(8-17)12-6-5-11(15)7-13(12)16/h5-7,9-10,14H,8,17H2,1-4H3. The van der Waals surface area contributed by atoms with Gasteiger partial charge in [0.05, 0.1) is 0 Å². The summed E-state index contributed by atoms with van der Waals surface area (Å²) in [6.07, 6.45) is 0. The fourth-order valence-corrected chi connectivity index (χ4v) is 2.37. The summed E-state index contributed by atoms with van der Waals surface area (Å²) in [5.41, 5.74) is 6.49. The number of hydrogen-bond donors (Lipinski definition) is 1. The summed E-state index contributed by atoms with van der Waals surface area (Å²) in [7, 11) is 2.00. The van der Waals surface area contributed by atoms with Crippen molar-refractivity contribution in [2.45, 2.75) is 32.9 Å². The highest BCUT2D eigenvalue weighted by molar-refractivity contribution is 9.10. The van der Waals surface area contributed by atoms with Gasteiger partial charge in [0.2, 0.25) is 0 Å². The van der Waals surface area contributed by atoms with E-state index in [1.54, 1.807) is 6.07 Å². The van der Waals surface area contributed by atoms with Gasteiger partial charge in [-0.25, -0.2) is 4.39 Å². The second-order valence-corrected chi connectivity index (χ2v) is 5.98. The van der Waals surface area contributed by atoms with E-state index in [9.17, 15) is 4.39 Å². The van der Waals surface area contributed by atoms with E-state index in [1.165, 1.54) is 6.07 Å². The molecule has 0 aliphatic heterocycles. The van der Waals surface area contributed by atoms with Crippen LogP contribution in [0.25, 0.3) is 0 Å². The summed E-state index contributed by atoms with van der Waals surface area (Å²) in [6.45, 7) is 6.87. The maximum atomic E-state index is 14.0. The van der Waals surface area contributed by atoms with Gasteiger partial charge in [0.15, 0.2) is 0 Å². The maximum absolute atomic E-state index is 14.0. The van der Waals surface area contributed by atoms with Crippen molar-refractivity contribution in [3.05, 3.63) is 34.1 Å². The Balaban J connectivity index is 3.02. The van der Waals surface area contributed by atoms with E-state index in [1.807, 2.05) is 13.1 Å². The average Bonchev–Trinajstić information content (AvgIpc) is 2.31. The number of nitrogens with zero attached hydrogens (tertiary/aromatic N) is 1. The van der Waals surface area contributed by atoms with E-state index < -0.39 is 0 Å². The number of likely N-dealkylation sites (N-methyl/N-ethyl adjacent to an activating group) is 1. The van der Waals surface area contributed by atoms with Crippen molar-refractivity contribution < 1.29 is 4.39 Å². The Hall–Kier alpha value is -0.450. The summed E-state index contributed by atoms with van der Waals surface area (Å²) in [5.74, 6) is 0.296. The second kappa shape index (κ2) is 6.64. The third-order valence-corrected chi connectivity index (χ3v) is 4.14. The molecule has 0 aliphatic rings. The summed E-state index contributed by atoms with van der Waals surface area (Å²) in [4.78, 5) is 2.15. The predicted octanol–water partition coefficient (Wildman–Crippen LogP) is 3.56. The molecule has 0 bridgehead atoms. The fourth-order valence-electron chi connectivity index (χ4n) is 2.04. The van der Waals surface area contributed by atoms with Crippen LogP contribution in [0.2, 0.25) is 0 Å². The monoisotopic (exact) mass is 316 g/mol. The highest BCUT2D eigenvalue weighted by atomic mass is 79.9. The van der Waals surface area contributed by atoms with Gasteiger partial charge in [-0.2, -0.15) is 0 Å². The molecular weight excluding hydrogens is 295 g/mol. The Morgan fingerprint density at radius 2 is 1.94 bits per heavy atom. The van der Waals surface area contributed by atoms with Gasteiger partial charge in [-0.05, 0) is 32.0 Å². The third-order valence-electron chi connectivity index (χ3n) is 3.64. The summed E-state index contributed by atoms with van der Waals surface area (Å²) in [6, 6.07) is 5.42. The van der Waals surface area contributed by atoms with E-state index in [-0.39, 0.29) is 11.9 Å². The van der Waals surface area contributed by atoms with Crippen LogP contribution in [0.3, 0.4) is 0 Å². The number of halogens is 2. The van der Waals surface area contributed by atoms with Gasteiger partial charge in [0.1, 0.15) is 5.82 Å². The Kier molecular flexibility index (Phi) is 5.76. The van der Waals surface area contributed by atoms with Crippen molar-refractivity contribution in [2.75, 3.05) is 13.6 Å². The van der Waals surface area contributed by atoms with E-state index in [4.69, 9.17) is 5.73 Å². The second-order valence-electron chi connectivity index (χ2n) is 5.07. The van der Waals surface area contributed by atoms with Crippen molar-refractivity contribution in [1.29, 1.82) is 0 Å². The molecule has 1 rings (SSSR count). The lowest BCUT2D eigenvalue weighted by Gasteiger charge is -2.35. The van der Waals surface area contributed by atoms with Crippen LogP contribution in [-0.2, 0) is 0 Å². The summed E-state index contributed by atoms with van der Waals surface area (Å²) in [5, 5.41) is 0. The first-order chi connectivity index (χ1) is 8.38. The molecule has 2 nitrogen and oxygen atoms in total. The molecular formula is C14H22BrFN2. The molecule has 102 valence electrons. The van der Waals surface area contributed by atoms with E-state index in [0.29, 0.717) is 24.1 Å². The van der Waals surface area contributed by atoms with Gasteiger partial charge in [0, 0.05) is 28.7 Å². The molecule has 1 aromatic rings. The first-order valence-electron chi connectivity index (χ1n) is 6.25. The highest BCUT2D eigenvalue weighted by Gasteiger charge is 2.24. The largest absolute Gasteiger partial charge is 0.329 e. The SMILES string of the molecule is CC(C)C(C)N(C)C(CN)c1ccc(Br)cc1F. The summed E-state index contributed by atoms with van der Waals surface area (Å²) < 4.78 is 14.7. The van der Waals surface area contributed by atoms with Crippen LogP contribution in [0, 0.1) is 11.7 Å². The molecule has 0 spiro atoms. The zero-order valence-electron chi connectivity index (χ0n) is 11.5. The molecule has 0 fully saturated rings. The van der Waals surface area contributed by atoms with Gasteiger partial charge >= 0.3 is 0 Å². The predicted molar refractivity (Wildman–Crippen MR) is 78.0 cm³/mol. The summed E-state index contributed by atoms with van der Waals surface area (Å²) >= 11 is 3.27. The first kappa shape index (κ1) is 15.6. The first-order valence-corrected chi connectivity index (χ1v) is 7.04. The number of hydrogen-bond acceptors (Lipinski definition) is 2. The minimum atomic E-state index is -0.206. The molecule has 0 saturated carbocycles. The van der Waals surface area contributed by atoms with Crippen LogP contribution in [0.15, 0.2) is 22.7 Å². The molecule has 4 heteroatoms.